The second-order valence-corrected chi connectivity index (χ2v) is 4.77. The van der Waals surface area contributed by atoms with Gasteiger partial charge in [-0.15, -0.1) is 10.2 Å². The van der Waals surface area contributed by atoms with Gasteiger partial charge in [0.2, 0.25) is 0 Å². The van der Waals surface area contributed by atoms with Crippen molar-refractivity contribution in [2.45, 2.75) is 13.5 Å². The molecule has 0 unspecified atom stereocenters. The maximum Gasteiger partial charge on any atom is 0.182 e. The van der Waals surface area contributed by atoms with Crippen LogP contribution in [-0.2, 0) is 6.61 Å². The molecule has 3 aromatic rings. The number of hydrogen-bond acceptors (Lipinski definition) is 5. The zero-order valence-electron chi connectivity index (χ0n) is 11.9. The first-order chi connectivity index (χ1) is 10.7. The molecule has 6 nitrogen and oxygen atoms in total. The lowest BCUT2D eigenvalue weighted by Crippen LogP contribution is -1.88. The van der Waals surface area contributed by atoms with E-state index in [1.54, 1.807) is 40.9 Å². The van der Waals surface area contributed by atoms with E-state index in [1.165, 1.54) is 0 Å². The molecule has 0 spiro atoms. The Bertz CT molecular complexity index is 905. The predicted molar refractivity (Wildman–Crippen MR) is 81.2 cm³/mol. The Morgan fingerprint density at radius 3 is 2.86 bits per heavy atom. The summed E-state index contributed by atoms with van der Waals surface area (Å²) in [5.41, 5.74) is 3.21. The molecule has 0 bridgehead atoms. The first kappa shape index (κ1) is 13.9. The second kappa shape index (κ2) is 5.76. The van der Waals surface area contributed by atoms with E-state index in [0.29, 0.717) is 22.7 Å². The van der Waals surface area contributed by atoms with Gasteiger partial charge >= 0.3 is 0 Å². The Morgan fingerprint density at radius 1 is 1.27 bits per heavy atom. The zero-order chi connectivity index (χ0) is 15.5. The topological polar surface area (TPSA) is 86.0 Å². The second-order valence-electron chi connectivity index (χ2n) is 4.77. The molecule has 0 saturated heterocycles. The van der Waals surface area contributed by atoms with Crippen LogP contribution in [0.1, 0.15) is 16.8 Å². The number of imidazole rings is 1. The van der Waals surface area contributed by atoms with Crippen LogP contribution < -0.4 is 0 Å². The van der Waals surface area contributed by atoms with Crippen molar-refractivity contribution in [3.05, 3.63) is 59.4 Å². The van der Waals surface area contributed by atoms with Crippen LogP contribution in [0.15, 0.2) is 52.8 Å². The minimum absolute atomic E-state index is 0.0329. The van der Waals surface area contributed by atoms with Crippen molar-refractivity contribution >= 4 is 17.2 Å². The van der Waals surface area contributed by atoms with E-state index in [2.05, 4.69) is 21.3 Å². The van der Waals surface area contributed by atoms with E-state index in [4.69, 9.17) is 5.26 Å². The SMILES string of the molecule is Cc1nc2cc(CO)ccn2c1N=Nc1ccccc1C#N. The molecule has 0 atom stereocenters. The summed E-state index contributed by atoms with van der Waals surface area (Å²) in [5, 5.41) is 26.6. The Hall–Kier alpha value is -3.04. The number of nitrogens with zero attached hydrogens (tertiary/aromatic N) is 5. The molecule has 0 amide bonds. The number of pyridine rings is 1. The zero-order valence-corrected chi connectivity index (χ0v) is 11.9. The highest BCUT2D eigenvalue weighted by Gasteiger charge is 2.09. The van der Waals surface area contributed by atoms with Crippen LogP contribution in [0, 0.1) is 18.3 Å². The van der Waals surface area contributed by atoms with Crippen molar-refractivity contribution in [2.24, 2.45) is 10.2 Å². The third-order valence-electron chi connectivity index (χ3n) is 3.29. The number of rotatable bonds is 3. The smallest absolute Gasteiger partial charge is 0.182 e. The standard InChI is InChI=1S/C16H13N5O/c1-11-16(20-19-14-5-3-2-4-13(14)9-17)21-7-6-12(10-22)8-15(21)18-11/h2-8,22H,10H2,1H3. The van der Waals surface area contributed by atoms with Gasteiger partial charge in [-0.3, -0.25) is 4.40 Å². The summed E-state index contributed by atoms with van der Waals surface area (Å²) in [5.74, 6) is 0.604. The largest absolute Gasteiger partial charge is 0.392 e. The Kier molecular flexibility index (Phi) is 3.64. The molecule has 2 aromatic heterocycles. The van der Waals surface area contributed by atoms with Gasteiger partial charge in [-0.25, -0.2) is 4.98 Å². The van der Waals surface area contributed by atoms with Gasteiger partial charge < -0.3 is 5.11 Å². The first-order valence-electron chi connectivity index (χ1n) is 6.72. The summed E-state index contributed by atoms with van der Waals surface area (Å²) in [6, 6.07) is 12.7. The predicted octanol–water partition coefficient (Wildman–Crippen LogP) is 3.42. The van der Waals surface area contributed by atoms with Gasteiger partial charge in [-0.1, -0.05) is 12.1 Å². The highest BCUT2D eigenvalue weighted by atomic mass is 16.3. The van der Waals surface area contributed by atoms with Crippen LogP contribution >= 0.6 is 0 Å². The maximum absolute atomic E-state index is 9.17. The van der Waals surface area contributed by atoms with Crippen molar-refractivity contribution in [3.8, 4) is 6.07 Å². The summed E-state index contributed by atoms with van der Waals surface area (Å²) in [6.07, 6.45) is 1.80. The molecule has 6 heteroatoms. The van der Waals surface area contributed by atoms with Gasteiger partial charge in [0.15, 0.2) is 5.82 Å². The number of aromatic nitrogens is 2. The lowest BCUT2D eigenvalue weighted by atomic mass is 10.2. The van der Waals surface area contributed by atoms with Gasteiger partial charge in [0, 0.05) is 6.20 Å². The molecule has 1 aromatic carbocycles. The van der Waals surface area contributed by atoms with Gasteiger partial charge in [-0.2, -0.15) is 5.26 Å². The third-order valence-corrected chi connectivity index (χ3v) is 3.29. The molecule has 0 aliphatic carbocycles. The number of nitriles is 1. The minimum atomic E-state index is -0.0329. The molecule has 0 saturated carbocycles. The molecule has 1 N–H and O–H groups in total. The van der Waals surface area contributed by atoms with Crippen molar-refractivity contribution < 1.29 is 5.11 Å². The maximum atomic E-state index is 9.17. The quantitative estimate of drug-likeness (QED) is 0.750. The third kappa shape index (κ3) is 2.45. The van der Waals surface area contributed by atoms with Crippen molar-refractivity contribution in [1.29, 1.82) is 5.26 Å². The summed E-state index contributed by atoms with van der Waals surface area (Å²) >= 11 is 0. The van der Waals surface area contributed by atoms with Crippen LogP contribution in [0.2, 0.25) is 0 Å². The summed E-state index contributed by atoms with van der Waals surface area (Å²) in [4.78, 5) is 4.41. The average molecular weight is 291 g/mol. The van der Waals surface area contributed by atoms with Crippen LogP contribution in [0.4, 0.5) is 11.5 Å². The van der Waals surface area contributed by atoms with Crippen molar-refractivity contribution in [3.63, 3.8) is 0 Å². The van der Waals surface area contributed by atoms with Gasteiger partial charge in [0.25, 0.3) is 0 Å². The van der Waals surface area contributed by atoms with Gasteiger partial charge in [0.05, 0.1) is 17.9 Å². The number of hydrogen-bond donors (Lipinski definition) is 1. The van der Waals surface area contributed by atoms with Crippen LogP contribution in [0.25, 0.3) is 5.65 Å². The Morgan fingerprint density at radius 2 is 2.09 bits per heavy atom. The minimum Gasteiger partial charge on any atom is -0.392 e. The fraction of sp³-hybridized carbons (Fsp3) is 0.125. The first-order valence-corrected chi connectivity index (χ1v) is 6.72. The van der Waals surface area contributed by atoms with Crippen molar-refractivity contribution in [1.82, 2.24) is 9.38 Å². The molecular formula is C16H13N5O. The molecule has 0 radical (unpaired) electrons. The van der Waals surface area contributed by atoms with E-state index >= 15 is 0 Å². The number of fused-ring (bicyclic) bond motifs is 1. The number of aliphatic hydroxyl groups excluding tert-OH is 1. The Balaban J connectivity index is 2.05. The molecule has 0 aliphatic rings. The number of azo groups is 1. The summed E-state index contributed by atoms with van der Waals surface area (Å²) < 4.78 is 1.80. The fourth-order valence-electron chi connectivity index (χ4n) is 2.17. The summed E-state index contributed by atoms with van der Waals surface area (Å²) in [7, 11) is 0. The van der Waals surface area contributed by atoms with Crippen molar-refractivity contribution in [2.75, 3.05) is 0 Å². The van der Waals surface area contributed by atoms with E-state index in [9.17, 15) is 5.11 Å². The van der Waals surface area contributed by atoms with Crippen LogP contribution in [0.5, 0.6) is 0 Å². The molecule has 108 valence electrons. The molecule has 22 heavy (non-hydrogen) atoms. The number of benzene rings is 1. The highest BCUT2D eigenvalue weighted by Crippen LogP contribution is 2.25. The summed E-state index contributed by atoms with van der Waals surface area (Å²) in [6.45, 7) is 1.81. The number of aliphatic hydroxyl groups is 1. The van der Waals surface area contributed by atoms with Crippen LogP contribution in [0.3, 0.4) is 0 Å². The van der Waals surface area contributed by atoms with E-state index in [1.807, 2.05) is 13.0 Å². The van der Waals surface area contributed by atoms with Crippen LogP contribution in [-0.4, -0.2) is 14.5 Å². The van der Waals surface area contributed by atoms with E-state index in [0.717, 1.165) is 11.3 Å². The number of aryl methyl sites for hydroxylation is 1. The van der Waals surface area contributed by atoms with Gasteiger partial charge in [0.1, 0.15) is 17.4 Å². The normalized spacial score (nSPS) is 11.1. The van der Waals surface area contributed by atoms with E-state index < -0.39 is 0 Å². The Labute approximate surface area is 127 Å². The monoisotopic (exact) mass is 291 g/mol. The molecule has 0 fully saturated rings. The lowest BCUT2D eigenvalue weighted by molar-refractivity contribution is 0.282. The lowest BCUT2D eigenvalue weighted by Gasteiger charge is -1.99. The molecule has 3 rings (SSSR count). The average Bonchev–Trinajstić information content (AvgIpc) is 2.87. The molecule has 0 aliphatic heterocycles. The molecular weight excluding hydrogens is 278 g/mol. The molecule has 2 heterocycles. The van der Waals surface area contributed by atoms with Gasteiger partial charge in [-0.05, 0) is 36.8 Å². The highest BCUT2D eigenvalue weighted by molar-refractivity contribution is 5.55. The van der Waals surface area contributed by atoms with E-state index in [-0.39, 0.29) is 6.61 Å². The fourth-order valence-corrected chi connectivity index (χ4v) is 2.17.